The molecule has 118 valence electrons. The Morgan fingerprint density at radius 2 is 2.27 bits per heavy atom. The first kappa shape index (κ1) is 14.5. The molecule has 3 heterocycles. The molecule has 1 aliphatic carbocycles. The number of carbonyl (C=O) groups excluding carboxylic acids is 1. The Morgan fingerprint density at radius 1 is 1.45 bits per heavy atom. The summed E-state index contributed by atoms with van der Waals surface area (Å²) in [5.74, 6) is 2.03. The maximum absolute atomic E-state index is 12.4. The second kappa shape index (κ2) is 5.53. The Balaban J connectivity index is 1.29. The molecule has 0 N–H and O–H groups in total. The highest BCUT2D eigenvalue weighted by atomic mass is 32.2. The number of hydrogen-bond acceptors (Lipinski definition) is 4. The van der Waals surface area contributed by atoms with E-state index in [-0.39, 0.29) is 10.7 Å². The van der Waals surface area contributed by atoms with Crippen LogP contribution in [0.4, 0.5) is 0 Å². The molecule has 1 atom stereocenters. The van der Waals surface area contributed by atoms with Gasteiger partial charge in [0.15, 0.2) is 0 Å². The highest BCUT2D eigenvalue weighted by molar-refractivity contribution is 8.01. The van der Waals surface area contributed by atoms with Crippen molar-refractivity contribution in [2.45, 2.75) is 37.0 Å². The number of amides is 1. The lowest BCUT2D eigenvalue weighted by molar-refractivity contribution is 0.0286. The van der Waals surface area contributed by atoms with Crippen molar-refractivity contribution in [2.24, 2.45) is 5.92 Å². The molecule has 0 bridgehead atoms. The van der Waals surface area contributed by atoms with Gasteiger partial charge in [-0.3, -0.25) is 9.78 Å². The number of nitrogens with zero attached hydrogens (tertiary/aromatic N) is 2. The summed E-state index contributed by atoms with van der Waals surface area (Å²) in [4.78, 5) is 18.6. The van der Waals surface area contributed by atoms with Crippen LogP contribution in [0.25, 0.3) is 0 Å². The fourth-order valence-electron chi connectivity index (χ4n) is 3.26. The zero-order chi connectivity index (χ0) is 15.2. The van der Waals surface area contributed by atoms with Crippen LogP contribution in [0, 0.1) is 12.8 Å². The number of thioether (sulfide) groups is 1. The number of ether oxygens (including phenoxy) is 1. The maximum atomic E-state index is 12.4. The van der Waals surface area contributed by atoms with E-state index in [0.29, 0.717) is 11.7 Å². The first-order chi connectivity index (χ1) is 10.6. The van der Waals surface area contributed by atoms with Crippen molar-refractivity contribution in [3.8, 4) is 0 Å². The van der Waals surface area contributed by atoms with Crippen LogP contribution in [-0.4, -0.2) is 52.1 Å². The third-order valence-corrected chi connectivity index (χ3v) is 6.42. The number of rotatable bonds is 4. The lowest BCUT2D eigenvalue weighted by Crippen LogP contribution is -2.60. The predicted octanol–water partition coefficient (Wildman–Crippen LogP) is 2.52. The Bertz CT molecular complexity index is 565. The summed E-state index contributed by atoms with van der Waals surface area (Å²) in [7, 11) is 0. The van der Waals surface area contributed by atoms with Crippen LogP contribution in [0.5, 0.6) is 0 Å². The van der Waals surface area contributed by atoms with Gasteiger partial charge in [-0.05, 0) is 44.2 Å². The molecule has 1 saturated carbocycles. The van der Waals surface area contributed by atoms with Gasteiger partial charge in [-0.15, -0.1) is 11.8 Å². The van der Waals surface area contributed by atoms with E-state index in [1.807, 2.05) is 35.7 Å². The van der Waals surface area contributed by atoms with Gasteiger partial charge in [-0.1, -0.05) is 0 Å². The van der Waals surface area contributed by atoms with Crippen LogP contribution < -0.4 is 0 Å². The average Bonchev–Trinajstić information content (AvgIpc) is 3.21. The molecule has 3 aliphatic rings. The fourth-order valence-corrected chi connectivity index (χ4v) is 4.81. The van der Waals surface area contributed by atoms with Crippen LogP contribution in [0.3, 0.4) is 0 Å². The summed E-state index contributed by atoms with van der Waals surface area (Å²) in [5, 5.41) is 0. The number of aryl methyl sites for hydroxylation is 1. The van der Waals surface area contributed by atoms with Crippen LogP contribution in [-0.2, 0) is 4.74 Å². The lowest BCUT2D eigenvalue weighted by Gasteiger charge is -2.47. The second-order valence-electron chi connectivity index (χ2n) is 6.95. The quantitative estimate of drug-likeness (QED) is 0.855. The largest absolute Gasteiger partial charge is 0.377 e. The zero-order valence-corrected chi connectivity index (χ0v) is 13.8. The van der Waals surface area contributed by atoms with Crippen molar-refractivity contribution < 1.29 is 9.53 Å². The molecular formula is C17H22N2O2S. The summed E-state index contributed by atoms with van der Waals surface area (Å²) < 4.78 is 6.27. The van der Waals surface area contributed by atoms with Crippen LogP contribution >= 0.6 is 11.8 Å². The van der Waals surface area contributed by atoms with E-state index in [9.17, 15) is 4.79 Å². The number of pyridine rings is 1. The highest BCUT2D eigenvalue weighted by Crippen LogP contribution is 2.46. The molecule has 22 heavy (non-hydrogen) atoms. The van der Waals surface area contributed by atoms with Gasteiger partial charge in [0.05, 0.1) is 16.4 Å². The Kier molecular flexibility index (Phi) is 3.65. The normalized spacial score (nSPS) is 26.2. The minimum absolute atomic E-state index is 0.112. The SMILES string of the molecule is Cc1ccc(C(=O)N2CC3(CC(OCC4CC4)CS3)C2)cn1. The van der Waals surface area contributed by atoms with Gasteiger partial charge in [-0.25, -0.2) is 0 Å². The Hall–Kier alpha value is -1.07. The Labute approximate surface area is 135 Å². The molecule has 2 aliphatic heterocycles. The molecule has 4 rings (SSSR count). The number of likely N-dealkylation sites (tertiary alicyclic amines) is 1. The van der Waals surface area contributed by atoms with Crippen LogP contribution in [0.15, 0.2) is 18.3 Å². The summed E-state index contributed by atoms with van der Waals surface area (Å²) in [5.41, 5.74) is 1.64. The Morgan fingerprint density at radius 3 is 2.95 bits per heavy atom. The topological polar surface area (TPSA) is 42.4 Å². The van der Waals surface area contributed by atoms with Gasteiger partial charge >= 0.3 is 0 Å². The number of carbonyl (C=O) groups is 1. The lowest BCUT2D eigenvalue weighted by atomic mass is 9.92. The molecule has 1 spiro atoms. The number of aromatic nitrogens is 1. The van der Waals surface area contributed by atoms with Crippen molar-refractivity contribution in [3.63, 3.8) is 0 Å². The first-order valence-corrected chi connectivity index (χ1v) is 9.10. The van der Waals surface area contributed by atoms with E-state index in [4.69, 9.17) is 4.74 Å². The van der Waals surface area contributed by atoms with Crippen LogP contribution in [0.1, 0.15) is 35.3 Å². The molecule has 3 fully saturated rings. The zero-order valence-electron chi connectivity index (χ0n) is 13.0. The molecule has 1 unspecified atom stereocenters. The molecule has 1 aromatic heterocycles. The van der Waals surface area contributed by atoms with Gasteiger partial charge in [0.1, 0.15) is 0 Å². The van der Waals surface area contributed by atoms with Crippen molar-refractivity contribution in [3.05, 3.63) is 29.6 Å². The summed E-state index contributed by atoms with van der Waals surface area (Å²) in [6.07, 6.45) is 5.87. The van der Waals surface area contributed by atoms with E-state index < -0.39 is 0 Å². The van der Waals surface area contributed by atoms with Gasteiger partial charge in [-0.2, -0.15) is 0 Å². The molecule has 0 aromatic carbocycles. The third-order valence-electron chi connectivity index (χ3n) is 4.84. The summed E-state index contributed by atoms with van der Waals surface area (Å²) in [6.45, 7) is 4.59. The van der Waals surface area contributed by atoms with Gasteiger partial charge in [0.2, 0.25) is 0 Å². The van der Waals surface area contributed by atoms with Gasteiger partial charge in [0, 0.05) is 37.3 Å². The van der Waals surface area contributed by atoms with Gasteiger partial charge < -0.3 is 9.64 Å². The van der Waals surface area contributed by atoms with E-state index >= 15 is 0 Å². The molecule has 2 saturated heterocycles. The monoisotopic (exact) mass is 318 g/mol. The average molecular weight is 318 g/mol. The molecular weight excluding hydrogens is 296 g/mol. The molecule has 4 nitrogen and oxygen atoms in total. The fraction of sp³-hybridized carbons (Fsp3) is 0.647. The van der Waals surface area contributed by atoms with E-state index in [1.165, 1.54) is 12.8 Å². The highest BCUT2D eigenvalue weighted by Gasteiger charge is 2.51. The van der Waals surface area contributed by atoms with Crippen molar-refractivity contribution in [2.75, 3.05) is 25.4 Å². The third kappa shape index (κ3) is 2.88. The molecule has 5 heteroatoms. The first-order valence-electron chi connectivity index (χ1n) is 8.11. The van der Waals surface area contributed by atoms with Crippen molar-refractivity contribution in [1.29, 1.82) is 0 Å². The minimum atomic E-state index is 0.112. The van der Waals surface area contributed by atoms with Crippen molar-refractivity contribution >= 4 is 17.7 Å². The maximum Gasteiger partial charge on any atom is 0.255 e. The smallest absolute Gasteiger partial charge is 0.255 e. The molecule has 0 radical (unpaired) electrons. The van der Waals surface area contributed by atoms with E-state index in [1.54, 1.807) is 6.20 Å². The van der Waals surface area contributed by atoms with Gasteiger partial charge in [0.25, 0.3) is 5.91 Å². The van der Waals surface area contributed by atoms with Crippen molar-refractivity contribution in [1.82, 2.24) is 9.88 Å². The standard InChI is InChI=1S/C17H22N2O2S/c1-12-2-5-14(7-18-12)16(20)19-10-17(11-19)6-15(9-22-17)21-8-13-3-4-13/h2,5,7,13,15H,3-4,6,8-11H2,1H3. The minimum Gasteiger partial charge on any atom is -0.377 e. The summed E-state index contributed by atoms with van der Waals surface area (Å²) in [6, 6.07) is 3.77. The summed E-state index contributed by atoms with van der Waals surface area (Å²) >= 11 is 2.00. The van der Waals surface area contributed by atoms with E-state index in [0.717, 1.165) is 43.5 Å². The number of hydrogen-bond donors (Lipinski definition) is 0. The van der Waals surface area contributed by atoms with E-state index in [2.05, 4.69) is 4.98 Å². The molecule has 1 aromatic rings. The molecule has 1 amide bonds. The predicted molar refractivity (Wildman–Crippen MR) is 87.1 cm³/mol. The van der Waals surface area contributed by atoms with Crippen LogP contribution in [0.2, 0.25) is 0 Å². The second-order valence-corrected chi connectivity index (χ2v) is 8.43.